The van der Waals surface area contributed by atoms with Crippen molar-refractivity contribution >= 4 is 11.9 Å². The summed E-state index contributed by atoms with van der Waals surface area (Å²) in [6.07, 6.45) is 1.61. The van der Waals surface area contributed by atoms with Gasteiger partial charge in [-0.05, 0) is 36.4 Å². The van der Waals surface area contributed by atoms with Crippen LogP contribution < -0.4 is 14.2 Å². The summed E-state index contributed by atoms with van der Waals surface area (Å²) in [5.74, 6) is -0.206. The van der Waals surface area contributed by atoms with Gasteiger partial charge in [0, 0.05) is 11.6 Å². The van der Waals surface area contributed by atoms with Crippen LogP contribution in [-0.2, 0) is 6.61 Å². The quantitative estimate of drug-likeness (QED) is 0.560. The van der Waals surface area contributed by atoms with E-state index in [0.717, 1.165) is 0 Å². The van der Waals surface area contributed by atoms with Gasteiger partial charge in [0.25, 0.3) is 0 Å². The Balaban J connectivity index is 1.55. The maximum atomic E-state index is 13.7. The number of hydrogen-bond donors (Lipinski definition) is 0. The van der Waals surface area contributed by atoms with Crippen LogP contribution in [0.15, 0.2) is 66.4 Å². The Morgan fingerprint density at radius 3 is 2.52 bits per heavy atom. The SMILES string of the molecule is COc1ccccc1/C=C1\Oc2cc(OCc3c(F)cccc3F)ccc2C1=O. The van der Waals surface area contributed by atoms with Gasteiger partial charge in [0.2, 0.25) is 5.78 Å². The molecule has 0 amide bonds. The number of benzene rings is 3. The Hall–Kier alpha value is -3.67. The largest absolute Gasteiger partial charge is 0.496 e. The molecule has 3 aromatic carbocycles. The third kappa shape index (κ3) is 3.69. The molecule has 0 N–H and O–H groups in total. The molecule has 0 spiro atoms. The highest BCUT2D eigenvalue weighted by Crippen LogP contribution is 2.36. The number of rotatable bonds is 5. The molecule has 1 heterocycles. The second kappa shape index (κ2) is 7.75. The molecule has 1 aliphatic heterocycles. The van der Waals surface area contributed by atoms with Crippen LogP contribution >= 0.6 is 0 Å². The number of carbonyl (C=O) groups is 1. The summed E-state index contributed by atoms with van der Waals surface area (Å²) in [4.78, 5) is 12.6. The van der Waals surface area contributed by atoms with Gasteiger partial charge in [-0.15, -0.1) is 0 Å². The fourth-order valence-electron chi connectivity index (χ4n) is 3.01. The minimum Gasteiger partial charge on any atom is -0.496 e. The van der Waals surface area contributed by atoms with Crippen LogP contribution in [0.3, 0.4) is 0 Å². The van der Waals surface area contributed by atoms with Crippen molar-refractivity contribution in [3.63, 3.8) is 0 Å². The number of methoxy groups -OCH3 is 1. The number of ether oxygens (including phenoxy) is 3. The van der Waals surface area contributed by atoms with Gasteiger partial charge < -0.3 is 14.2 Å². The minimum absolute atomic E-state index is 0.154. The molecule has 6 heteroatoms. The number of halogens is 2. The molecule has 0 unspecified atom stereocenters. The minimum atomic E-state index is -0.681. The third-order valence-electron chi connectivity index (χ3n) is 4.51. The molecule has 3 aromatic rings. The lowest BCUT2D eigenvalue weighted by molar-refractivity contribution is 0.101. The molecule has 0 radical (unpaired) electrons. The fraction of sp³-hybridized carbons (Fsp3) is 0.0870. The van der Waals surface area contributed by atoms with Crippen molar-refractivity contribution in [1.29, 1.82) is 0 Å². The second-order valence-electron chi connectivity index (χ2n) is 6.33. The zero-order valence-electron chi connectivity index (χ0n) is 15.4. The summed E-state index contributed by atoms with van der Waals surface area (Å²) < 4.78 is 43.9. The van der Waals surface area contributed by atoms with E-state index in [1.807, 2.05) is 18.2 Å². The number of carbonyl (C=O) groups excluding carboxylic acids is 1. The van der Waals surface area contributed by atoms with Gasteiger partial charge in [-0.2, -0.15) is 0 Å². The van der Waals surface area contributed by atoms with Crippen LogP contribution in [0.1, 0.15) is 21.5 Å². The summed E-state index contributed by atoms with van der Waals surface area (Å²) in [5, 5.41) is 0. The Labute approximate surface area is 166 Å². The highest BCUT2D eigenvalue weighted by atomic mass is 19.1. The molecule has 1 aliphatic rings. The van der Waals surface area contributed by atoms with Gasteiger partial charge in [-0.3, -0.25) is 4.79 Å². The average molecular weight is 394 g/mol. The Morgan fingerprint density at radius 2 is 1.76 bits per heavy atom. The molecule has 4 nitrogen and oxygen atoms in total. The van der Waals surface area contributed by atoms with Crippen LogP contribution in [0.25, 0.3) is 6.08 Å². The van der Waals surface area contributed by atoms with Gasteiger partial charge in [0.1, 0.15) is 35.5 Å². The first-order chi connectivity index (χ1) is 14.1. The third-order valence-corrected chi connectivity index (χ3v) is 4.51. The highest BCUT2D eigenvalue weighted by Gasteiger charge is 2.28. The Morgan fingerprint density at radius 1 is 1.00 bits per heavy atom. The van der Waals surface area contributed by atoms with Crippen molar-refractivity contribution in [3.05, 3.63) is 94.7 Å². The van der Waals surface area contributed by atoms with Crippen LogP contribution in [0, 0.1) is 11.6 Å². The smallest absolute Gasteiger partial charge is 0.231 e. The molecule has 4 rings (SSSR count). The average Bonchev–Trinajstić information content (AvgIpc) is 3.03. The summed E-state index contributed by atoms with van der Waals surface area (Å²) in [6.45, 7) is -0.283. The van der Waals surface area contributed by atoms with Crippen LogP contribution in [-0.4, -0.2) is 12.9 Å². The van der Waals surface area contributed by atoms with Crippen LogP contribution in [0.5, 0.6) is 17.2 Å². The van der Waals surface area contributed by atoms with E-state index in [2.05, 4.69) is 0 Å². The van der Waals surface area contributed by atoms with Gasteiger partial charge in [-0.1, -0.05) is 24.3 Å². The van der Waals surface area contributed by atoms with Crippen molar-refractivity contribution in [2.45, 2.75) is 6.61 Å². The highest BCUT2D eigenvalue weighted by molar-refractivity contribution is 6.14. The molecule has 0 bridgehead atoms. The van der Waals surface area contributed by atoms with Crippen molar-refractivity contribution in [2.75, 3.05) is 7.11 Å². The monoisotopic (exact) mass is 394 g/mol. The molecule has 0 aromatic heterocycles. The summed E-state index contributed by atoms with van der Waals surface area (Å²) in [6, 6.07) is 15.5. The molecular formula is C23H16F2O4. The summed E-state index contributed by atoms with van der Waals surface area (Å²) in [5.41, 5.74) is 0.926. The molecular weight excluding hydrogens is 378 g/mol. The van der Waals surface area contributed by atoms with E-state index in [-0.39, 0.29) is 23.7 Å². The van der Waals surface area contributed by atoms with E-state index < -0.39 is 11.6 Å². The van der Waals surface area contributed by atoms with Crippen LogP contribution in [0.4, 0.5) is 8.78 Å². The van der Waals surface area contributed by atoms with Crippen molar-refractivity contribution in [3.8, 4) is 17.2 Å². The molecule has 146 valence electrons. The number of para-hydroxylation sites is 1. The molecule has 0 saturated carbocycles. The van der Waals surface area contributed by atoms with E-state index >= 15 is 0 Å². The molecule has 29 heavy (non-hydrogen) atoms. The number of hydrogen-bond acceptors (Lipinski definition) is 4. The van der Waals surface area contributed by atoms with E-state index in [0.29, 0.717) is 28.4 Å². The van der Waals surface area contributed by atoms with Gasteiger partial charge >= 0.3 is 0 Å². The second-order valence-corrected chi connectivity index (χ2v) is 6.33. The summed E-state index contributed by atoms with van der Waals surface area (Å²) >= 11 is 0. The van der Waals surface area contributed by atoms with E-state index in [4.69, 9.17) is 14.2 Å². The van der Waals surface area contributed by atoms with E-state index in [1.54, 1.807) is 31.4 Å². The predicted molar refractivity (Wildman–Crippen MR) is 103 cm³/mol. The van der Waals surface area contributed by atoms with E-state index in [9.17, 15) is 13.6 Å². The van der Waals surface area contributed by atoms with Crippen molar-refractivity contribution < 1.29 is 27.8 Å². The standard InChI is InChI=1S/C23H16F2O4/c1-27-20-8-3-2-5-14(20)11-22-23(26)16-10-9-15(12-21(16)29-22)28-13-17-18(24)6-4-7-19(17)25/h2-12H,13H2,1H3/b22-11-. The maximum Gasteiger partial charge on any atom is 0.231 e. The maximum absolute atomic E-state index is 13.7. The first-order valence-corrected chi connectivity index (χ1v) is 8.84. The molecule has 0 aliphatic carbocycles. The first-order valence-electron chi connectivity index (χ1n) is 8.84. The zero-order valence-corrected chi connectivity index (χ0v) is 15.4. The number of ketones is 1. The number of Topliss-reactive ketones (excluding diaryl/α,β-unsaturated/α-hetero) is 1. The molecule has 0 fully saturated rings. The van der Waals surface area contributed by atoms with Gasteiger partial charge in [0.15, 0.2) is 5.76 Å². The molecule has 0 saturated heterocycles. The lowest BCUT2D eigenvalue weighted by Gasteiger charge is -2.09. The lowest BCUT2D eigenvalue weighted by atomic mass is 10.1. The van der Waals surface area contributed by atoms with Gasteiger partial charge in [0.05, 0.1) is 18.2 Å². The first kappa shape index (κ1) is 18.7. The zero-order chi connectivity index (χ0) is 20.4. The predicted octanol–water partition coefficient (Wildman–Crippen LogP) is 5.17. The van der Waals surface area contributed by atoms with Crippen molar-refractivity contribution in [1.82, 2.24) is 0 Å². The normalized spacial score (nSPS) is 13.9. The number of fused-ring (bicyclic) bond motifs is 1. The van der Waals surface area contributed by atoms with E-state index in [1.165, 1.54) is 24.3 Å². The topological polar surface area (TPSA) is 44.8 Å². The van der Waals surface area contributed by atoms with Crippen LogP contribution in [0.2, 0.25) is 0 Å². The Bertz CT molecular complexity index is 1100. The lowest BCUT2D eigenvalue weighted by Crippen LogP contribution is -2.01. The molecule has 0 atom stereocenters. The Kier molecular flexibility index (Phi) is 4.99. The van der Waals surface area contributed by atoms with Crippen molar-refractivity contribution in [2.24, 2.45) is 0 Å². The number of allylic oxidation sites excluding steroid dienone is 1. The summed E-state index contributed by atoms with van der Waals surface area (Å²) in [7, 11) is 1.55. The fourth-order valence-corrected chi connectivity index (χ4v) is 3.01. The van der Waals surface area contributed by atoms with Gasteiger partial charge in [-0.25, -0.2) is 8.78 Å².